The summed E-state index contributed by atoms with van der Waals surface area (Å²) in [4.78, 5) is 24.4. The van der Waals surface area contributed by atoms with E-state index in [0.717, 1.165) is 69.7 Å². The van der Waals surface area contributed by atoms with E-state index >= 15 is 0 Å². The lowest BCUT2D eigenvalue weighted by Crippen LogP contribution is -2.56. The van der Waals surface area contributed by atoms with Crippen LogP contribution in [0.2, 0.25) is 0 Å². The second kappa shape index (κ2) is 10.9. The average Bonchev–Trinajstić information content (AvgIpc) is 3.29. The zero-order valence-corrected chi connectivity index (χ0v) is 20.1. The van der Waals surface area contributed by atoms with Gasteiger partial charge in [0.25, 0.3) is 0 Å². The Morgan fingerprint density at radius 2 is 1.75 bits per heavy atom. The highest BCUT2D eigenvalue weighted by molar-refractivity contribution is 7.13. The number of carbonyl (C=O) groups excluding carboxylic acids is 1. The van der Waals surface area contributed by atoms with Crippen LogP contribution < -0.4 is 5.32 Å². The molecule has 0 atom stereocenters. The summed E-state index contributed by atoms with van der Waals surface area (Å²) in [7, 11) is 0. The van der Waals surface area contributed by atoms with E-state index in [2.05, 4.69) is 63.5 Å². The Balaban J connectivity index is 1.17. The second-order valence-corrected chi connectivity index (χ2v) is 10.1. The fourth-order valence-corrected chi connectivity index (χ4v) is 5.10. The van der Waals surface area contributed by atoms with Gasteiger partial charge in [0.05, 0.1) is 25.5 Å². The summed E-state index contributed by atoms with van der Waals surface area (Å²) in [5.74, 6) is 0.117. The van der Waals surface area contributed by atoms with E-state index in [-0.39, 0.29) is 11.4 Å². The molecule has 1 N–H and O–H groups in total. The fraction of sp³-hybridized carbons (Fsp3) is 0.583. The number of nitrogens with one attached hydrogen (secondary N) is 1. The molecule has 2 saturated heterocycles. The number of morpholine rings is 1. The van der Waals surface area contributed by atoms with Crippen LogP contribution in [0.3, 0.4) is 0 Å². The molecule has 1 aromatic heterocycles. The summed E-state index contributed by atoms with van der Waals surface area (Å²) in [5.41, 5.74) is 2.26. The highest BCUT2D eigenvalue weighted by Crippen LogP contribution is 2.24. The molecule has 32 heavy (non-hydrogen) atoms. The summed E-state index contributed by atoms with van der Waals surface area (Å²) in [6.07, 6.45) is 0. The number of amides is 1. The third-order valence-corrected chi connectivity index (χ3v) is 7.32. The predicted octanol–water partition coefficient (Wildman–Crippen LogP) is 2.15. The average molecular weight is 458 g/mol. The molecule has 3 heterocycles. The second-order valence-electron chi connectivity index (χ2n) is 9.25. The van der Waals surface area contributed by atoms with Crippen molar-refractivity contribution >= 4 is 17.2 Å². The topological polar surface area (TPSA) is 60.9 Å². The van der Waals surface area contributed by atoms with E-state index in [4.69, 9.17) is 9.72 Å². The highest BCUT2D eigenvalue weighted by atomic mass is 32.1. The Kier molecular flexibility index (Phi) is 7.91. The molecule has 0 radical (unpaired) electrons. The zero-order valence-electron chi connectivity index (χ0n) is 19.3. The van der Waals surface area contributed by atoms with E-state index in [1.807, 2.05) is 6.07 Å². The van der Waals surface area contributed by atoms with Gasteiger partial charge in [0, 0.05) is 68.8 Å². The first kappa shape index (κ1) is 23.3. The van der Waals surface area contributed by atoms with Gasteiger partial charge in [-0.1, -0.05) is 30.3 Å². The Morgan fingerprint density at radius 1 is 1.06 bits per heavy atom. The molecule has 0 spiro atoms. The standard InChI is InChI=1S/C24H35N5O2S/c1-24(2,29-12-14-31-15-13-29)19-25-22(30)17-28-10-8-27(9-11-28)16-21-18-32-23(26-21)20-6-4-3-5-7-20/h3-7,18H,8-17,19H2,1-2H3,(H,25,30). The molecular formula is C24H35N5O2S. The van der Waals surface area contributed by atoms with Crippen molar-refractivity contribution in [2.45, 2.75) is 25.9 Å². The maximum absolute atomic E-state index is 12.5. The summed E-state index contributed by atoms with van der Waals surface area (Å²) in [6.45, 7) is 13.6. The van der Waals surface area contributed by atoms with Crippen molar-refractivity contribution in [2.24, 2.45) is 0 Å². The van der Waals surface area contributed by atoms with Gasteiger partial charge in [0.15, 0.2) is 0 Å². The number of ether oxygens (including phenoxy) is 1. The van der Waals surface area contributed by atoms with E-state index in [1.54, 1.807) is 11.3 Å². The number of thiazole rings is 1. The molecule has 174 valence electrons. The fourth-order valence-electron chi connectivity index (χ4n) is 4.28. The Hall–Kier alpha value is -1.84. The van der Waals surface area contributed by atoms with Gasteiger partial charge in [-0.25, -0.2) is 4.98 Å². The number of hydrogen-bond donors (Lipinski definition) is 1. The molecular weight excluding hydrogens is 422 g/mol. The molecule has 0 unspecified atom stereocenters. The summed E-state index contributed by atoms with van der Waals surface area (Å²) in [5, 5.41) is 6.40. The minimum Gasteiger partial charge on any atom is -0.379 e. The molecule has 4 rings (SSSR count). The number of hydrogen-bond acceptors (Lipinski definition) is 7. The van der Waals surface area contributed by atoms with Crippen LogP contribution in [0, 0.1) is 0 Å². The molecule has 2 aliphatic rings. The van der Waals surface area contributed by atoms with E-state index in [0.29, 0.717) is 13.1 Å². The molecule has 8 heteroatoms. The highest BCUT2D eigenvalue weighted by Gasteiger charge is 2.29. The van der Waals surface area contributed by atoms with Crippen LogP contribution in [0.1, 0.15) is 19.5 Å². The lowest BCUT2D eigenvalue weighted by Gasteiger charge is -2.41. The van der Waals surface area contributed by atoms with Crippen LogP contribution in [0.15, 0.2) is 35.7 Å². The quantitative estimate of drug-likeness (QED) is 0.656. The Bertz CT molecular complexity index is 858. The van der Waals surface area contributed by atoms with E-state index < -0.39 is 0 Å². The van der Waals surface area contributed by atoms with Gasteiger partial charge in [0.2, 0.25) is 5.91 Å². The lowest BCUT2D eigenvalue weighted by molar-refractivity contribution is -0.123. The summed E-state index contributed by atoms with van der Waals surface area (Å²) >= 11 is 1.71. The normalized spacial score (nSPS) is 19.2. The first-order valence-electron chi connectivity index (χ1n) is 11.5. The van der Waals surface area contributed by atoms with Crippen LogP contribution in [0.25, 0.3) is 10.6 Å². The molecule has 0 aliphatic carbocycles. The van der Waals surface area contributed by atoms with Gasteiger partial charge in [-0.15, -0.1) is 11.3 Å². The summed E-state index contributed by atoms with van der Waals surface area (Å²) < 4.78 is 5.45. The van der Waals surface area contributed by atoms with Gasteiger partial charge in [-0.3, -0.25) is 19.5 Å². The van der Waals surface area contributed by atoms with Gasteiger partial charge in [-0.2, -0.15) is 0 Å². The minimum absolute atomic E-state index is 0.0513. The van der Waals surface area contributed by atoms with Crippen molar-refractivity contribution in [1.29, 1.82) is 0 Å². The van der Waals surface area contributed by atoms with Crippen molar-refractivity contribution in [3.05, 3.63) is 41.4 Å². The molecule has 7 nitrogen and oxygen atoms in total. The minimum atomic E-state index is -0.0513. The third-order valence-electron chi connectivity index (χ3n) is 6.38. The Labute approximate surface area is 195 Å². The molecule has 2 aliphatic heterocycles. The van der Waals surface area contributed by atoms with Crippen LogP contribution in [0.4, 0.5) is 0 Å². The summed E-state index contributed by atoms with van der Waals surface area (Å²) in [6, 6.07) is 10.3. The maximum Gasteiger partial charge on any atom is 0.234 e. The van der Waals surface area contributed by atoms with Crippen LogP contribution in [-0.4, -0.2) is 96.7 Å². The molecule has 2 fully saturated rings. The molecule has 1 aromatic carbocycles. The SMILES string of the molecule is CC(C)(CNC(=O)CN1CCN(Cc2csc(-c3ccccc3)n2)CC1)N1CCOCC1. The van der Waals surface area contributed by atoms with Crippen molar-refractivity contribution in [3.8, 4) is 10.6 Å². The van der Waals surface area contributed by atoms with Gasteiger partial charge >= 0.3 is 0 Å². The number of nitrogens with zero attached hydrogens (tertiary/aromatic N) is 4. The van der Waals surface area contributed by atoms with E-state index in [9.17, 15) is 4.79 Å². The number of piperazine rings is 1. The van der Waals surface area contributed by atoms with Gasteiger partial charge < -0.3 is 10.1 Å². The van der Waals surface area contributed by atoms with Crippen LogP contribution in [0.5, 0.6) is 0 Å². The van der Waals surface area contributed by atoms with Crippen LogP contribution in [-0.2, 0) is 16.1 Å². The monoisotopic (exact) mass is 457 g/mol. The predicted molar refractivity (Wildman–Crippen MR) is 129 cm³/mol. The largest absolute Gasteiger partial charge is 0.379 e. The first-order valence-corrected chi connectivity index (χ1v) is 12.4. The van der Waals surface area contributed by atoms with Gasteiger partial charge in [0.1, 0.15) is 5.01 Å². The Morgan fingerprint density at radius 3 is 2.47 bits per heavy atom. The number of aromatic nitrogens is 1. The van der Waals surface area contributed by atoms with Crippen molar-refractivity contribution in [1.82, 2.24) is 25.0 Å². The van der Waals surface area contributed by atoms with Crippen molar-refractivity contribution in [3.63, 3.8) is 0 Å². The molecule has 1 amide bonds. The smallest absolute Gasteiger partial charge is 0.234 e. The van der Waals surface area contributed by atoms with Crippen molar-refractivity contribution < 1.29 is 9.53 Å². The number of benzene rings is 1. The van der Waals surface area contributed by atoms with Crippen molar-refractivity contribution in [2.75, 3.05) is 65.6 Å². The third kappa shape index (κ3) is 6.36. The van der Waals surface area contributed by atoms with Gasteiger partial charge in [-0.05, 0) is 13.8 Å². The maximum atomic E-state index is 12.5. The van der Waals surface area contributed by atoms with Crippen LogP contribution >= 0.6 is 11.3 Å². The molecule has 2 aromatic rings. The zero-order chi connectivity index (χ0) is 22.4. The van der Waals surface area contributed by atoms with E-state index in [1.165, 1.54) is 5.56 Å². The number of rotatable bonds is 8. The molecule has 0 saturated carbocycles. The number of carbonyl (C=O) groups is 1. The molecule has 0 bridgehead atoms. The first-order chi connectivity index (χ1) is 15.5. The lowest BCUT2D eigenvalue weighted by atomic mass is 10.0.